The number of carbonyl (C=O) groups excluding carboxylic acids is 1. The van der Waals surface area contributed by atoms with E-state index >= 15 is 0 Å². The van der Waals surface area contributed by atoms with Gasteiger partial charge in [0.2, 0.25) is 5.91 Å². The van der Waals surface area contributed by atoms with E-state index in [0.29, 0.717) is 11.8 Å². The van der Waals surface area contributed by atoms with Crippen molar-refractivity contribution in [1.29, 1.82) is 0 Å². The smallest absolute Gasteiger partial charge is 0.226 e. The number of hydrogen-bond donors (Lipinski definition) is 0. The summed E-state index contributed by atoms with van der Waals surface area (Å²) in [5, 5.41) is 8.73. The Labute approximate surface area is 141 Å². The van der Waals surface area contributed by atoms with Gasteiger partial charge >= 0.3 is 0 Å². The van der Waals surface area contributed by atoms with Gasteiger partial charge in [0.05, 0.1) is 12.2 Å². The summed E-state index contributed by atoms with van der Waals surface area (Å²) in [5.41, 5.74) is 1.19. The molecule has 2 aliphatic rings. The molecule has 1 saturated heterocycles. The molecule has 128 valence electrons. The molecule has 0 spiro atoms. The number of aromatic nitrogens is 5. The molecule has 1 saturated carbocycles. The monoisotopic (exact) mass is 328 g/mol. The van der Waals surface area contributed by atoms with E-state index in [1.54, 1.807) is 0 Å². The molecule has 0 aromatic carbocycles. The van der Waals surface area contributed by atoms with Crippen LogP contribution < -0.4 is 0 Å². The molecule has 1 amide bonds. The van der Waals surface area contributed by atoms with Crippen LogP contribution in [0.15, 0.2) is 12.4 Å². The van der Waals surface area contributed by atoms with E-state index in [9.17, 15) is 4.79 Å². The molecule has 2 fully saturated rings. The van der Waals surface area contributed by atoms with Gasteiger partial charge in [-0.1, -0.05) is 0 Å². The van der Waals surface area contributed by atoms with Gasteiger partial charge in [-0.15, -0.1) is 0 Å². The lowest BCUT2D eigenvalue weighted by Crippen LogP contribution is -2.42. The average molecular weight is 328 g/mol. The number of carbonyl (C=O) groups is 1. The van der Waals surface area contributed by atoms with E-state index in [0.717, 1.165) is 44.0 Å². The molecule has 7 nitrogen and oxygen atoms in total. The van der Waals surface area contributed by atoms with Gasteiger partial charge in [0.1, 0.15) is 11.6 Å². The zero-order valence-electron chi connectivity index (χ0n) is 14.5. The summed E-state index contributed by atoms with van der Waals surface area (Å²) in [5.74, 6) is 2.51. The standard InChI is InChI=1S/C17H24N6O/c1-11-19-12(2)23(20-11)14-5-4-6-22(10-14)17(24)16-7-15(16)13-8-18-21(3)9-13/h8-9,14-16H,4-7,10H2,1-3H3/t14-,15+,16-/m1/s1. The minimum atomic E-state index is 0.131. The van der Waals surface area contributed by atoms with Gasteiger partial charge in [0, 0.05) is 32.3 Å². The Bertz CT molecular complexity index is 763. The third-order valence-corrected chi connectivity index (χ3v) is 5.22. The van der Waals surface area contributed by atoms with Gasteiger partial charge in [-0.2, -0.15) is 10.2 Å². The first-order valence-electron chi connectivity index (χ1n) is 8.70. The average Bonchev–Trinajstić information content (AvgIpc) is 3.13. The highest BCUT2D eigenvalue weighted by Crippen LogP contribution is 2.48. The van der Waals surface area contributed by atoms with Crippen molar-refractivity contribution < 1.29 is 4.79 Å². The molecule has 2 aromatic heterocycles. The van der Waals surface area contributed by atoms with Crippen molar-refractivity contribution in [3.8, 4) is 0 Å². The molecule has 0 radical (unpaired) electrons. The highest BCUT2D eigenvalue weighted by atomic mass is 16.2. The van der Waals surface area contributed by atoms with E-state index in [-0.39, 0.29) is 12.0 Å². The Morgan fingerprint density at radius 2 is 2.17 bits per heavy atom. The molecule has 24 heavy (non-hydrogen) atoms. The normalized spacial score (nSPS) is 26.6. The van der Waals surface area contributed by atoms with Crippen molar-refractivity contribution in [2.45, 2.75) is 45.1 Å². The molecule has 3 heterocycles. The lowest BCUT2D eigenvalue weighted by molar-refractivity contribution is -0.134. The third-order valence-electron chi connectivity index (χ3n) is 5.22. The van der Waals surface area contributed by atoms with Crippen molar-refractivity contribution in [2.24, 2.45) is 13.0 Å². The fourth-order valence-corrected chi connectivity index (χ4v) is 3.94. The maximum Gasteiger partial charge on any atom is 0.226 e. The van der Waals surface area contributed by atoms with E-state index in [1.807, 2.05) is 47.6 Å². The zero-order valence-corrected chi connectivity index (χ0v) is 14.5. The van der Waals surface area contributed by atoms with Crippen LogP contribution in [0.3, 0.4) is 0 Å². The number of rotatable bonds is 3. The fourth-order valence-electron chi connectivity index (χ4n) is 3.94. The third kappa shape index (κ3) is 2.72. The summed E-state index contributed by atoms with van der Waals surface area (Å²) in [4.78, 5) is 19.3. The summed E-state index contributed by atoms with van der Waals surface area (Å²) in [6, 6.07) is 0.250. The molecule has 3 atom stereocenters. The van der Waals surface area contributed by atoms with Crippen LogP contribution in [0.1, 0.15) is 48.4 Å². The van der Waals surface area contributed by atoms with Crippen LogP contribution in [-0.2, 0) is 11.8 Å². The van der Waals surface area contributed by atoms with Crippen LogP contribution in [0, 0.1) is 19.8 Å². The number of nitrogens with zero attached hydrogens (tertiary/aromatic N) is 6. The first-order chi connectivity index (χ1) is 11.5. The van der Waals surface area contributed by atoms with Crippen LogP contribution in [0.2, 0.25) is 0 Å². The summed E-state index contributed by atoms with van der Waals surface area (Å²) >= 11 is 0. The lowest BCUT2D eigenvalue weighted by Gasteiger charge is -2.33. The first kappa shape index (κ1) is 15.4. The molecule has 1 aliphatic heterocycles. The van der Waals surface area contributed by atoms with Crippen LogP contribution >= 0.6 is 0 Å². The second kappa shape index (κ2) is 5.72. The van der Waals surface area contributed by atoms with Gasteiger partial charge < -0.3 is 4.90 Å². The SMILES string of the molecule is Cc1nc(C)n([C@@H]2CCCN(C(=O)[C@@H]3C[C@H]3c3cnn(C)c3)C2)n1. The maximum absolute atomic E-state index is 12.9. The van der Waals surface area contributed by atoms with E-state index in [2.05, 4.69) is 15.2 Å². The molecular weight excluding hydrogens is 304 g/mol. The quantitative estimate of drug-likeness (QED) is 0.858. The second-order valence-corrected chi connectivity index (χ2v) is 7.13. The molecular formula is C17H24N6O. The van der Waals surface area contributed by atoms with Crippen molar-refractivity contribution >= 4 is 5.91 Å². The van der Waals surface area contributed by atoms with Crippen molar-refractivity contribution in [1.82, 2.24) is 29.4 Å². The Morgan fingerprint density at radius 3 is 2.83 bits per heavy atom. The second-order valence-electron chi connectivity index (χ2n) is 7.13. The number of aryl methyl sites for hydroxylation is 3. The molecule has 2 aromatic rings. The maximum atomic E-state index is 12.9. The molecule has 0 N–H and O–H groups in total. The van der Waals surface area contributed by atoms with Gasteiger partial charge in [-0.3, -0.25) is 9.48 Å². The number of hydrogen-bond acceptors (Lipinski definition) is 4. The van der Waals surface area contributed by atoms with Crippen molar-refractivity contribution in [3.63, 3.8) is 0 Å². The first-order valence-corrected chi connectivity index (χ1v) is 8.70. The van der Waals surface area contributed by atoms with Gasteiger partial charge in [-0.05, 0) is 44.6 Å². The minimum absolute atomic E-state index is 0.131. The van der Waals surface area contributed by atoms with Crippen LogP contribution in [0.4, 0.5) is 0 Å². The molecule has 1 aliphatic carbocycles. The van der Waals surface area contributed by atoms with Crippen molar-refractivity contribution in [3.05, 3.63) is 29.6 Å². The highest BCUT2D eigenvalue weighted by Gasteiger charge is 2.47. The summed E-state index contributed by atoms with van der Waals surface area (Å²) in [6.45, 7) is 5.51. The predicted molar refractivity (Wildman–Crippen MR) is 88.4 cm³/mol. The van der Waals surface area contributed by atoms with E-state index in [1.165, 1.54) is 5.56 Å². The molecule has 0 unspecified atom stereocenters. The van der Waals surface area contributed by atoms with E-state index in [4.69, 9.17) is 0 Å². The Balaban J connectivity index is 1.43. The van der Waals surface area contributed by atoms with Crippen molar-refractivity contribution in [2.75, 3.05) is 13.1 Å². The highest BCUT2D eigenvalue weighted by molar-refractivity contribution is 5.83. The Morgan fingerprint density at radius 1 is 1.33 bits per heavy atom. The van der Waals surface area contributed by atoms with E-state index < -0.39 is 0 Å². The number of piperidine rings is 1. The molecule has 7 heteroatoms. The number of amides is 1. The Hall–Kier alpha value is -2.18. The van der Waals surface area contributed by atoms with Gasteiger partial charge in [-0.25, -0.2) is 9.67 Å². The Kier molecular flexibility index (Phi) is 3.66. The fraction of sp³-hybridized carbons (Fsp3) is 0.647. The van der Waals surface area contributed by atoms with Gasteiger partial charge in [0.15, 0.2) is 0 Å². The molecule has 0 bridgehead atoms. The zero-order chi connectivity index (χ0) is 16.8. The van der Waals surface area contributed by atoms with Gasteiger partial charge in [0.25, 0.3) is 0 Å². The summed E-state index contributed by atoms with van der Waals surface area (Å²) < 4.78 is 3.81. The van der Waals surface area contributed by atoms with Crippen LogP contribution in [0.5, 0.6) is 0 Å². The minimum Gasteiger partial charge on any atom is -0.340 e. The largest absolute Gasteiger partial charge is 0.340 e. The van der Waals surface area contributed by atoms with Crippen LogP contribution in [0.25, 0.3) is 0 Å². The number of likely N-dealkylation sites (tertiary alicyclic amines) is 1. The summed E-state index contributed by atoms with van der Waals surface area (Å²) in [7, 11) is 1.92. The summed E-state index contributed by atoms with van der Waals surface area (Å²) in [6.07, 6.45) is 6.95. The predicted octanol–water partition coefficient (Wildman–Crippen LogP) is 1.60. The topological polar surface area (TPSA) is 68.8 Å². The lowest BCUT2D eigenvalue weighted by atomic mass is 10.0. The molecule has 4 rings (SSSR count). The van der Waals surface area contributed by atoms with Crippen LogP contribution in [-0.4, -0.2) is 48.4 Å².